The molecule has 184 valence electrons. The molecule has 2 saturated heterocycles. The highest BCUT2D eigenvalue weighted by molar-refractivity contribution is 7.15. The van der Waals surface area contributed by atoms with Gasteiger partial charge in [-0.15, -0.1) is 11.3 Å². The predicted octanol–water partition coefficient (Wildman–Crippen LogP) is 4.13. The summed E-state index contributed by atoms with van der Waals surface area (Å²) in [5.74, 6) is 0.641. The van der Waals surface area contributed by atoms with Gasteiger partial charge in [-0.1, -0.05) is 24.3 Å². The maximum atomic E-state index is 13.1. The molecule has 2 fully saturated rings. The highest BCUT2D eigenvalue weighted by Crippen LogP contribution is 2.31. The van der Waals surface area contributed by atoms with Gasteiger partial charge in [0.05, 0.1) is 12.1 Å². The van der Waals surface area contributed by atoms with Gasteiger partial charge < -0.3 is 20.5 Å². The first kappa shape index (κ1) is 24.0. The number of β-amino-alcohol motifs (C(OH)–C–C–N with tert-alkyl or cyclic N) is 1. The molecular weight excluding hydrogens is 458 g/mol. The Bertz CT molecular complexity index is 1190. The number of aliphatic hydroxyl groups is 1. The minimum Gasteiger partial charge on any atom is -0.488 e. The third-order valence-corrected chi connectivity index (χ3v) is 7.93. The van der Waals surface area contributed by atoms with E-state index in [1.807, 2.05) is 32.0 Å². The maximum absolute atomic E-state index is 13.1. The number of ether oxygens (including phenoxy) is 1. The number of hydrogen-bond donors (Lipinski definition) is 3. The molecule has 0 radical (unpaired) electrons. The first-order valence-electron chi connectivity index (χ1n) is 12.3. The summed E-state index contributed by atoms with van der Waals surface area (Å²) in [4.78, 5) is 17.9. The lowest BCUT2D eigenvalue weighted by atomic mass is 10.0. The summed E-state index contributed by atoms with van der Waals surface area (Å²) in [5, 5.41) is 16.1. The lowest BCUT2D eigenvalue weighted by Crippen LogP contribution is -2.50. The van der Waals surface area contributed by atoms with Gasteiger partial charge in [0, 0.05) is 48.0 Å². The summed E-state index contributed by atoms with van der Waals surface area (Å²) >= 11 is 1.79. The first-order valence-corrected chi connectivity index (χ1v) is 13.1. The molecule has 3 N–H and O–H groups in total. The number of benzene rings is 2. The second kappa shape index (κ2) is 10.5. The SMILES string of the molecule is Cc1ccc(OC2CNC2)cc1C(=O)NC(C)c1cccc(-c2ccc(CN3CC[C@@H](O)C3)s2)c1. The lowest BCUT2D eigenvalue weighted by Gasteiger charge is -2.28. The van der Waals surface area contributed by atoms with Crippen molar-refractivity contribution in [3.05, 3.63) is 76.2 Å². The summed E-state index contributed by atoms with van der Waals surface area (Å²) in [6.45, 7) is 8.25. The van der Waals surface area contributed by atoms with E-state index in [0.717, 1.165) is 61.6 Å². The number of aryl methyl sites for hydroxylation is 1. The van der Waals surface area contributed by atoms with Gasteiger partial charge in [0.25, 0.3) is 5.91 Å². The summed E-state index contributed by atoms with van der Waals surface area (Å²) in [6, 6.07) is 18.3. The van der Waals surface area contributed by atoms with Crippen LogP contribution in [0.5, 0.6) is 5.75 Å². The van der Waals surface area contributed by atoms with E-state index >= 15 is 0 Å². The predicted molar refractivity (Wildman–Crippen MR) is 140 cm³/mol. The van der Waals surface area contributed by atoms with Gasteiger partial charge in [0.2, 0.25) is 0 Å². The van der Waals surface area contributed by atoms with Crippen molar-refractivity contribution in [2.24, 2.45) is 0 Å². The van der Waals surface area contributed by atoms with Crippen molar-refractivity contribution in [3.8, 4) is 16.2 Å². The molecule has 6 nitrogen and oxygen atoms in total. The topological polar surface area (TPSA) is 73.8 Å². The van der Waals surface area contributed by atoms with Crippen LogP contribution in [0.15, 0.2) is 54.6 Å². The van der Waals surface area contributed by atoms with Gasteiger partial charge in [-0.3, -0.25) is 9.69 Å². The fraction of sp³-hybridized carbons (Fsp3) is 0.393. The number of rotatable bonds is 8. The third kappa shape index (κ3) is 5.76. The Morgan fingerprint density at radius 2 is 2.09 bits per heavy atom. The number of carbonyl (C=O) groups excluding carboxylic acids is 1. The average molecular weight is 492 g/mol. The Balaban J connectivity index is 1.25. The van der Waals surface area contributed by atoms with Crippen LogP contribution in [0.1, 0.15) is 45.7 Å². The molecule has 5 rings (SSSR count). The van der Waals surface area contributed by atoms with Crippen LogP contribution in [0.25, 0.3) is 10.4 Å². The zero-order valence-electron chi connectivity index (χ0n) is 20.3. The zero-order valence-corrected chi connectivity index (χ0v) is 21.1. The molecule has 2 aromatic carbocycles. The monoisotopic (exact) mass is 491 g/mol. The summed E-state index contributed by atoms with van der Waals surface area (Å²) in [7, 11) is 0. The normalized spacial score (nSPS) is 19.3. The minimum absolute atomic E-state index is 0.0937. The van der Waals surface area contributed by atoms with E-state index in [-0.39, 0.29) is 24.2 Å². The maximum Gasteiger partial charge on any atom is 0.252 e. The number of likely N-dealkylation sites (tertiary alicyclic amines) is 1. The largest absolute Gasteiger partial charge is 0.488 e. The van der Waals surface area contributed by atoms with Crippen molar-refractivity contribution < 1.29 is 14.6 Å². The summed E-state index contributed by atoms with van der Waals surface area (Å²) in [5.41, 5.74) is 3.80. The number of aliphatic hydroxyl groups excluding tert-OH is 1. The van der Waals surface area contributed by atoms with Crippen molar-refractivity contribution in [2.45, 2.75) is 45.1 Å². The molecule has 35 heavy (non-hydrogen) atoms. The van der Waals surface area contributed by atoms with Crippen molar-refractivity contribution in [1.29, 1.82) is 0 Å². The molecule has 0 bridgehead atoms. The molecule has 1 unspecified atom stereocenters. The van der Waals surface area contributed by atoms with Gasteiger partial charge in [-0.25, -0.2) is 0 Å². The molecular formula is C28H33N3O3S. The lowest BCUT2D eigenvalue weighted by molar-refractivity contribution is 0.0937. The number of nitrogens with zero attached hydrogens (tertiary/aromatic N) is 1. The molecule has 2 aliphatic rings. The Hall–Kier alpha value is -2.71. The Morgan fingerprint density at radius 1 is 1.23 bits per heavy atom. The van der Waals surface area contributed by atoms with E-state index < -0.39 is 0 Å². The molecule has 2 atom stereocenters. The zero-order chi connectivity index (χ0) is 24.4. The molecule has 2 aliphatic heterocycles. The highest BCUT2D eigenvalue weighted by atomic mass is 32.1. The van der Waals surface area contributed by atoms with Gasteiger partial charge >= 0.3 is 0 Å². The summed E-state index contributed by atoms with van der Waals surface area (Å²) < 4.78 is 5.94. The molecule has 3 aromatic rings. The van der Waals surface area contributed by atoms with Crippen LogP contribution in [0.4, 0.5) is 0 Å². The Labute approximate surface area is 210 Å². The molecule has 1 amide bonds. The summed E-state index contributed by atoms with van der Waals surface area (Å²) in [6.07, 6.45) is 0.843. The number of thiophene rings is 1. The van der Waals surface area contributed by atoms with E-state index in [1.54, 1.807) is 11.3 Å². The van der Waals surface area contributed by atoms with E-state index in [0.29, 0.717) is 5.56 Å². The molecule has 0 saturated carbocycles. The fourth-order valence-corrected chi connectivity index (χ4v) is 5.62. The van der Waals surface area contributed by atoms with Crippen molar-refractivity contribution in [2.75, 3.05) is 26.2 Å². The molecule has 7 heteroatoms. The minimum atomic E-state index is -0.193. The van der Waals surface area contributed by atoms with Crippen LogP contribution in [0.2, 0.25) is 0 Å². The smallest absolute Gasteiger partial charge is 0.252 e. The third-order valence-electron chi connectivity index (χ3n) is 6.81. The number of amides is 1. The quantitative estimate of drug-likeness (QED) is 0.442. The van der Waals surface area contributed by atoms with Crippen molar-refractivity contribution >= 4 is 17.2 Å². The molecule has 0 aliphatic carbocycles. The van der Waals surface area contributed by atoms with Crippen molar-refractivity contribution in [1.82, 2.24) is 15.5 Å². The molecule has 3 heterocycles. The van der Waals surface area contributed by atoms with Crippen LogP contribution >= 0.6 is 11.3 Å². The number of hydrogen-bond acceptors (Lipinski definition) is 6. The van der Waals surface area contributed by atoms with Crippen LogP contribution < -0.4 is 15.4 Å². The Kier molecular flexibility index (Phi) is 7.20. The van der Waals surface area contributed by atoms with Crippen LogP contribution in [0.3, 0.4) is 0 Å². The number of nitrogens with one attached hydrogen (secondary N) is 2. The van der Waals surface area contributed by atoms with E-state index in [1.165, 1.54) is 9.75 Å². The molecule has 1 aromatic heterocycles. The first-order chi connectivity index (χ1) is 16.9. The number of carbonyl (C=O) groups is 1. The van der Waals surface area contributed by atoms with Crippen LogP contribution in [-0.2, 0) is 6.54 Å². The highest BCUT2D eigenvalue weighted by Gasteiger charge is 2.22. The fourth-order valence-electron chi connectivity index (χ4n) is 4.57. The average Bonchev–Trinajstić information content (AvgIpc) is 3.46. The second-order valence-electron chi connectivity index (χ2n) is 9.64. The van der Waals surface area contributed by atoms with Gasteiger partial charge in [0.15, 0.2) is 0 Å². The Morgan fingerprint density at radius 3 is 2.83 bits per heavy atom. The van der Waals surface area contributed by atoms with E-state index in [4.69, 9.17) is 4.74 Å². The van der Waals surface area contributed by atoms with Crippen LogP contribution in [-0.4, -0.2) is 54.3 Å². The van der Waals surface area contributed by atoms with Crippen LogP contribution in [0, 0.1) is 6.92 Å². The van der Waals surface area contributed by atoms with E-state index in [2.05, 4.69) is 51.9 Å². The standard InChI is InChI=1S/C28H33N3O3S/c1-18-6-7-23(34-24-14-29-15-24)13-26(18)28(33)30-19(2)20-4-3-5-21(12-20)27-9-8-25(35-27)17-31-11-10-22(32)16-31/h3-9,12-13,19,22,24,29,32H,10-11,14-17H2,1-2H3,(H,30,33)/t19?,22-/m1/s1. The van der Waals surface area contributed by atoms with Gasteiger partial charge in [0.1, 0.15) is 11.9 Å². The van der Waals surface area contributed by atoms with Gasteiger partial charge in [-0.05, 0) is 67.3 Å². The van der Waals surface area contributed by atoms with Crippen molar-refractivity contribution in [3.63, 3.8) is 0 Å². The molecule has 0 spiro atoms. The van der Waals surface area contributed by atoms with Gasteiger partial charge in [-0.2, -0.15) is 0 Å². The second-order valence-corrected chi connectivity index (χ2v) is 10.8. The van der Waals surface area contributed by atoms with E-state index in [9.17, 15) is 9.90 Å².